The molecule has 0 unspecified atom stereocenters. The zero-order chi connectivity index (χ0) is 21.5. The molecule has 1 N–H and O–H groups in total. The van der Waals surface area contributed by atoms with Crippen LogP contribution in [0.25, 0.3) is 0 Å². The van der Waals surface area contributed by atoms with Crippen LogP contribution in [0.5, 0.6) is 11.5 Å². The lowest BCUT2D eigenvalue weighted by Crippen LogP contribution is -2.25. The highest BCUT2D eigenvalue weighted by atomic mass is 16.5. The van der Waals surface area contributed by atoms with E-state index in [4.69, 9.17) is 9.47 Å². The number of hydrogen-bond acceptors (Lipinski definition) is 4. The number of carbonyl (C=O) groups is 1. The van der Waals surface area contributed by atoms with Gasteiger partial charge in [0.15, 0.2) is 0 Å². The molecule has 3 rings (SSSR count). The van der Waals surface area contributed by atoms with E-state index in [1.807, 2.05) is 62.0 Å². The SMILES string of the molecule is COc1ccc(C(=O)NCCCn2ccc(C)n2)cc1COc1cc(C)ccc1C. The third-order valence-corrected chi connectivity index (χ3v) is 4.89. The molecule has 30 heavy (non-hydrogen) atoms. The Bertz CT molecular complexity index is 1010. The highest BCUT2D eigenvalue weighted by Crippen LogP contribution is 2.25. The molecule has 0 fully saturated rings. The molecule has 2 aromatic carbocycles. The minimum absolute atomic E-state index is 0.109. The maximum atomic E-state index is 12.6. The van der Waals surface area contributed by atoms with Crippen molar-refractivity contribution in [3.63, 3.8) is 0 Å². The van der Waals surface area contributed by atoms with Gasteiger partial charge in [0, 0.05) is 30.4 Å². The van der Waals surface area contributed by atoms with Gasteiger partial charge in [-0.15, -0.1) is 0 Å². The molecule has 0 aliphatic heterocycles. The van der Waals surface area contributed by atoms with Crippen molar-refractivity contribution in [1.82, 2.24) is 15.1 Å². The molecular formula is C24H29N3O3. The fourth-order valence-electron chi connectivity index (χ4n) is 3.18. The fourth-order valence-corrected chi connectivity index (χ4v) is 3.18. The Morgan fingerprint density at radius 2 is 1.90 bits per heavy atom. The van der Waals surface area contributed by atoms with E-state index < -0.39 is 0 Å². The van der Waals surface area contributed by atoms with E-state index in [1.165, 1.54) is 0 Å². The number of benzene rings is 2. The average Bonchev–Trinajstić information content (AvgIpc) is 3.16. The molecule has 0 saturated carbocycles. The Morgan fingerprint density at radius 1 is 1.07 bits per heavy atom. The number of hydrogen-bond donors (Lipinski definition) is 1. The lowest BCUT2D eigenvalue weighted by atomic mass is 10.1. The maximum Gasteiger partial charge on any atom is 0.251 e. The Labute approximate surface area is 177 Å². The first kappa shape index (κ1) is 21.4. The van der Waals surface area contributed by atoms with Crippen molar-refractivity contribution in [1.29, 1.82) is 0 Å². The minimum Gasteiger partial charge on any atom is -0.496 e. The lowest BCUT2D eigenvalue weighted by Gasteiger charge is -2.14. The molecule has 6 nitrogen and oxygen atoms in total. The molecule has 0 radical (unpaired) electrons. The second-order valence-corrected chi connectivity index (χ2v) is 7.41. The van der Waals surface area contributed by atoms with E-state index >= 15 is 0 Å². The van der Waals surface area contributed by atoms with Crippen LogP contribution in [0.4, 0.5) is 0 Å². The van der Waals surface area contributed by atoms with Crippen LogP contribution in [-0.4, -0.2) is 29.3 Å². The van der Waals surface area contributed by atoms with Gasteiger partial charge < -0.3 is 14.8 Å². The van der Waals surface area contributed by atoms with Gasteiger partial charge in [-0.05, 0) is 68.7 Å². The third-order valence-electron chi connectivity index (χ3n) is 4.89. The van der Waals surface area contributed by atoms with Gasteiger partial charge in [-0.1, -0.05) is 12.1 Å². The monoisotopic (exact) mass is 407 g/mol. The Hall–Kier alpha value is -3.28. The number of nitrogens with zero attached hydrogens (tertiary/aromatic N) is 2. The number of aryl methyl sites for hydroxylation is 4. The van der Waals surface area contributed by atoms with Crippen LogP contribution in [0.15, 0.2) is 48.7 Å². The van der Waals surface area contributed by atoms with Crippen molar-refractivity contribution >= 4 is 5.91 Å². The zero-order valence-electron chi connectivity index (χ0n) is 18.1. The van der Waals surface area contributed by atoms with Crippen molar-refractivity contribution in [2.75, 3.05) is 13.7 Å². The normalized spacial score (nSPS) is 10.7. The Kier molecular flexibility index (Phi) is 7.12. The first-order chi connectivity index (χ1) is 14.5. The summed E-state index contributed by atoms with van der Waals surface area (Å²) in [6.45, 7) is 7.69. The number of methoxy groups -OCH3 is 1. The summed E-state index contributed by atoms with van der Waals surface area (Å²) in [6.07, 6.45) is 2.76. The van der Waals surface area contributed by atoms with Crippen LogP contribution >= 0.6 is 0 Å². The van der Waals surface area contributed by atoms with Crippen molar-refractivity contribution in [3.05, 3.63) is 76.6 Å². The van der Waals surface area contributed by atoms with Crippen LogP contribution in [0, 0.1) is 20.8 Å². The second kappa shape index (κ2) is 9.96. The van der Waals surface area contributed by atoms with E-state index in [-0.39, 0.29) is 5.91 Å². The molecule has 0 spiro atoms. The molecular weight excluding hydrogens is 378 g/mol. The van der Waals surface area contributed by atoms with Gasteiger partial charge in [0.2, 0.25) is 0 Å². The summed E-state index contributed by atoms with van der Waals surface area (Å²) in [5.74, 6) is 1.42. The predicted molar refractivity (Wildman–Crippen MR) is 117 cm³/mol. The predicted octanol–water partition coefficient (Wildman–Crippen LogP) is 4.22. The van der Waals surface area contributed by atoms with Crippen molar-refractivity contribution in [3.8, 4) is 11.5 Å². The highest BCUT2D eigenvalue weighted by molar-refractivity contribution is 5.94. The van der Waals surface area contributed by atoms with Crippen molar-refractivity contribution < 1.29 is 14.3 Å². The van der Waals surface area contributed by atoms with Gasteiger partial charge in [0.05, 0.1) is 12.8 Å². The van der Waals surface area contributed by atoms with Crippen LogP contribution in [-0.2, 0) is 13.2 Å². The van der Waals surface area contributed by atoms with E-state index in [1.54, 1.807) is 13.2 Å². The largest absolute Gasteiger partial charge is 0.496 e. The zero-order valence-corrected chi connectivity index (χ0v) is 18.1. The van der Waals surface area contributed by atoms with Crippen LogP contribution in [0.1, 0.15) is 39.2 Å². The number of aromatic nitrogens is 2. The number of nitrogens with one attached hydrogen (secondary N) is 1. The van der Waals surface area contributed by atoms with E-state index in [0.29, 0.717) is 24.5 Å². The number of rotatable bonds is 9. The summed E-state index contributed by atoms with van der Waals surface area (Å²) < 4.78 is 13.3. The number of carbonyl (C=O) groups excluding carboxylic acids is 1. The molecule has 0 bridgehead atoms. The standard InChI is InChI=1S/C24H29N3O3/c1-17-6-7-18(2)23(14-17)30-16-21-15-20(8-9-22(21)29-4)24(28)25-11-5-12-27-13-10-19(3)26-27/h6-10,13-15H,5,11-12,16H2,1-4H3,(H,25,28). The first-order valence-electron chi connectivity index (χ1n) is 10.1. The number of ether oxygens (including phenoxy) is 2. The first-order valence-corrected chi connectivity index (χ1v) is 10.1. The molecule has 3 aromatic rings. The molecule has 0 aliphatic rings. The second-order valence-electron chi connectivity index (χ2n) is 7.41. The molecule has 6 heteroatoms. The Balaban J connectivity index is 1.59. The van der Waals surface area contributed by atoms with Gasteiger partial charge in [0.25, 0.3) is 5.91 Å². The third kappa shape index (κ3) is 5.63. The Morgan fingerprint density at radius 3 is 2.63 bits per heavy atom. The van der Waals surface area contributed by atoms with Crippen molar-refractivity contribution in [2.24, 2.45) is 0 Å². The molecule has 158 valence electrons. The van der Waals surface area contributed by atoms with E-state index in [2.05, 4.69) is 16.5 Å². The lowest BCUT2D eigenvalue weighted by molar-refractivity contribution is 0.0952. The van der Waals surface area contributed by atoms with Crippen molar-refractivity contribution in [2.45, 2.75) is 40.3 Å². The minimum atomic E-state index is -0.109. The smallest absolute Gasteiger partial charge is 0.251 e. The van der Waals surface area contributed by atoms with Gasteiger partial charge in [0.1, 0.15) is 18.1 Å². The summed E-state index contributed by atoms with van der Waals surface area (Å²) >= 11 is 0. The molecule has 0 aliphatic carbocycles. The van der Waals surface area contributed by atoms with Gasteiger partial charge >= 0.3 is 0 Å². The maximum absolute atomic E-state index is 12.6. The van der Waals surface area contributed by atoms with Crippen LogP contribution < -0.4 is 14.8 Å². The highest BCUT2D eigenvalue weighted by Gasteiger charge is 2.11. The summed E-state index contributed by atoms with van der Waals surface area (Å²) in [7, 11) is 1.62. The van der Waals surface area contributed by atoms with E-state index in [9.17, 15) is 4.79 Å². The van der Waals surface area contributed by atoms with Gasteiger partial charge in [-0.3, -0.25) is 9.48 Å². The topological polar surface area (TPSA) is 65.4 Å². The molecule has 1 aromatic heterocycles. The van der Waals surface area contributed by atoms with Gasteiger partial charge in [-0.25, -0.2) is 0 Å². The quantitative estimate of drug-likeness (QED) is 0.540. The van der Waals surface area contributed by atoms with Crippen LogP contribution in [0.2, 0.25) is 0 Å². The summed E-state index contributed by atoms with van der Waals surface area (Å²) in [4.78, 5) is 12.6. The van der Waals surface area contributed by atoms with Crippen LogP contribution in [0.3, 0.4) is 0 Å². The molecule has 0 saturated heterocycles. The molecule has 0 atom stereocenters. The fraction of sp³-hybridized carbons (Fsp3) is 0.333. The summed E-state index contributed by atoms with van der Waals surface area (Å²) in [5.41, 5.74) is 4.62. The summed E-state index contributed by atoms with van der Waals surface area (Å²) in [6, 6.07) is 13.5. The number of amides is 1. The molecule has 1 amide bonds. The molecule has 1 heterocycles. The van der Waals surface area contributed by atoms with Gasteiger partial charge in [-0.2, -0.15) is 5.10 Å². The summed E-state index contributed by atoms with van der Waals surface area (Å²) in [5, 5.41) is 7.32. The van der Waals surface area contributed by atoms with E-state index in [0.717, 1.165) is 41.1 Å². The average molecular weight is 408 g/mol.